The van der Waals surface area contributed by atoms with E-state index in [2.05, 4.69) is 25.5 Å². The van der Waals surface area contributed by atoms with Crippen LogP contribution in [0.1, 0.15) is 38.8 Å². The molecule has 3 N–H and O–H groups in total. The van der Waals surface area contributed by atoms with Crippen LogP contribution in [-0.2, 0) is 10.0 Å². The lowest BCUT2D eigenvalue weighted by molar-refractivity contribution is 0.263. The van der Waals surface area contributed by atoms with Gasteiger partial charge < -0.3 is 5.73 Å². The van der Waals surface area contributed by atoms with Crippen LogP contribution in [0.2, 0.25) is 0 Å². The lowest BCUT2D eigenvalue weighted by atomic mass is 9.82. The van der Waals surface area contributed by atoms with Crippen LogP contribution in [0.3, 0.4) is 0 Å². The number of hydrogen-bond acceptors (Lipinski definition) is 3. The number of thiocarbonyl (C=S) groups is 1. The first kappa shape index (κ1) is 18.1. The molecule has 0 heterocycles. The average Bonchev–Trinajstić information content (AvgIpc) is 2.34. The zero-order valence-electron chi connectivity index (χ0n) is 13.2. The van der Waals surface area contributed by atoms with Gasteiger partial charge in [0, 0.05) is 12.1 Å². The summed E-state index contributed by atoms with van der Waals surface area (Å²) in [7, 11) is -3.57. The number of hydrogen-bond donors (Lipinski definition) is 2. The third kappa shape index (κ3) is 4.76. The van der Waals surface area contributed by atoms with Gasteiger partial charge in [0.2, 0.25) is 10.0 Å². The molecule has 0 aliphatic heterocycles. The molecule has 0 fully saturated rings. The van der Waals surface area contributed by atoms with Gasteiger partial charge in [0.15, 0.2) is 0 Å². The summed E-state index contributed by atoms with van der Waals surface area (Å²) in [6.07, 6.45) is 0. The molecule has 1 unspecified atom stereocenters. The Morgan fingerprint density at radius 3 is 2.43 bits per heavy atom. The topological polar surface area (TPSA) is 72.2 Å². The van der Waals surface area contributed by atoms with Crippen molar-refractivity contribution >= 4 is 27.2 Å². The highest BCUT2D eigenvalue weighted by Gasteiger charge is 2.24. The summed E-state index contributed by atoms with van der Waals surface area (Å²) in [6, 6.07) is 4.98. The van der Waals surface area contributed by atoms with Crippen LogP contribution in [0, 0.1) is 18.3 Å². The van der Waals surface area contributed by atoms with E-state index in [-0.39, 0.29) is 21.2 Å². The van der Waals surface area contributed by atoms with Crippen molar-refractivity contribution < 1.29 is 8.42 Å². The van der Waals surface area contributed by atoms with Gasteiger partial charge in [0.1, 0.15) is 4.99 Å². The minimum absolute atomic E-state index is 0.0399. The molecule has 0 saturated heterocycles. The third-order valence-electron chi connectivity index (χ3n) is 3.82. The van der Waals surface area contributed by atoms with E-state index in [1.54, 1.807) is 19.1 Å². The third-order valence-corrected chi connectivity index (χ3v) is 5.62. The molecule has 21 heavy (non-hydrogen) atoms. The Bertz CT molecular complexity index is 632. The van der Waals surface area contributed by atoms with Crippen molar-refractivity contribution in [1.29, 1.82) is 0 Å². The maximum atomic E-state index is 12.5. The molecule has 0 spiro atoms. The molecule has 4 nitrogen and oxygen atoms in total. The zero-order valence-corrected chi connectivity index (χ0v) is 14.9. The molecule has 0 amide bonds. The summed E-state index contributed by atoms with van der Waals surface area (Å²) in [6.45, 7) is 10.4. The zero-order chi connectivity index (χ0) is 16.4. The SMILES string of the molecule is Cc1ccc(C(N)=S)cc1S(=O)(=O)NCC(C)C(C)(C)C. The smallest absolute Gasteiger partial charge is 0.240 e. The van der Waals surface area contributed by atoms with Gasteiger partial charge in [0.05, 0.1) is 4.90 Å². The van der Waals surface area contributed by atoms with Crippen molar-refractivity contribution in [1.82, 2.24) is 4.72 Å². The quantitative estimate of drug-likeness (QED) is 0.815. The van der Waals surface area contributed by atoms with Crippen LogP contribution in [0.25, 0.3) is 0 Å². The van der Waals surface area contributed by atoms with Crippen molar-refractivity contribution in [3.8, 4) is 0 Å². The number of benzene rings is 1. The second-order valence-corrected chi connectivity index (χ2v) is 8.64. The van der Waals surface area contributed by atoms with Gasteiger partial charge in [0.25, 0.3) is 0 Å². The van der Waals surface area contributed by atoms with Crippen molar-refractivity contribution in [3.05, 3.63) is 29.3 Å². The molecule has 0 saturated carbocycles. The average molecular weight is 329 g/mol. The Hall–Kier alpha value is -0.980. The molecule has 6 heteroatoms. The first-order chi connectivity index (χ1) is 9.45. The van der Waals surface area contributed by atoms with E-state index in [0.717, 1.165) is 0 Å². The summed E-state index contributed by atoms with van der Waals surface area (Å²) in [5.74, 6) is 0.214. The maximum absolute atomic E-state index is 12.5. The molecule has 1 rings (SSSR count). The largest absolute Gasteiger partial charge is 0.389 e. The molecule has 0 bridgehead atoms. The Balaban J connectivity index is 3.03. The second-order valence-electron chi connectivity index (χ2n) is 6.46. The van der Waals surface area contributed by atoms with Gasteiger partial charge in [-0.25, -0.2) is 13.1 Å². The van der Waals surface area contributed by atoms with E-state index < -0.39 is 10.0 Å². The van der Waals surface area contributed by atoms with Crippen LogP contribution in [0.15, 0.2) is 23.1 Å². The predicted molar refractivity (Wildman–Crippen MR) is 90.9 cm³/mol. The fourth-order valence-electron chi connectivity index (χ4n) is 1.66. The minimum Gasteiger partial charge on any atom is -0.389 e. The standard InChI is InChI=1S/C15H24N2O2S2/c1-10-6-7-12(14(16)20)8-13(10)21(18,19)17-9-11(2)15(3,4)5/h6-8,11,17H,9H2,1-5H3,(H2,16,20). The lowest BCUT2D eigenvalue weighted by Crippen LogP contribution is -2.34. The molecule has 118 valence electrons. The highest BCUT2D eigenvalue weighted by molar-refractivity contribution is 7.89. The van der Waals surface area contributed by atoms with Gasteiger partial charge in [-0.3, -0.25) is 0 Å². The first-order valence-corrected chi connectivity index (χ1v) is 8.74. The normalized spacial score (nSPS) is 14.0. The monoisotopic (exact) mass is 328 g/mol. The molecular formula is C15H24N2O2S2. The van der Waals surface area contributed by atoms with E-state index >= 15 is 0 Å². The number of aryl methyl sites for hydroxylation is 1. The van der Waals surface area contributed by atoms with Gasteiger partial charge in [-0.2, -0.15) is 0 Å². The Morgan fingerprint density at radius 1 is 1.38 bits per heavy atom. The Labute approximate surface area is 133 Å². The summed E-state index contributed by atoms with van der Waals surface area (Å²) in [5.41, 5.74) is 6.84. The van der Waals surface area contributed by atoms with E-state index in [4.69, 9.17) is 18.0 Å². The maximum Gasteiger partial charge on any atom is 0.240 e. The highest BCUT2D eigenvalue weighted by Crippen LogP contribution is 2.25. The van der Waals surface area contributed by atoms with Crippen molar-refractivity contribution in [2.24, 2.45) is 17.1 Å². The fourth-order valence-corrected chi connectivity index (χ4v) is 3.19. The lowest BCUT2D eigenvalue weighted by Gasteiger charge is -2.27. The van der Waals surface area contributed by atoms with Gasteiger partial charge in [-0.1, -0.05) is 52.0 Å². The van der Waals surface area contributed by atoms with E-state index in [0.29, 0.717) is 17.7 Å². The molecule has 0 aliphatic rings. The fraction of sp³-hybridized carbons (Fsp3) is 0.533. The van der Waals surface area contributed by atoms with E-state index in [9.17, 15) is 8.42 Å². The van der Waals surface area contributed by atoms with E-state index in [1.807, 2.05) is 6.92 Å². The van der Waals surface area contributed by atoms with Crippen molar-refractivity contribution in [2.75, 3.05) is 6.54 Å². The molecule has 0 aromatic heterocycles. The number of sulfonamides is 1. The molecule has 1 aromatic carbocycles. The molecule has 1 atom stereocenters. The van der Waals surface area contributed by atoms with Crippen LogP contribution in [0.5, 0.6) is 0 Å². The summed E-state index contributed by atoms with van der Waals surface area (Å²) < 4.78 is 27.6. The molecule has 0 aliphatic carbocycles. The molecule has 0 radical (unpaired) electrons. The number of rotatable bonds is 5. The predicted octanol–water partition coefficient (Wildman–Crippen LogP) is 2.59. The summed E-state index contributed by atoms with van der Waals surface area (Å²) >= 11 is 4.91. The van der Waals surface area contributed by atoms with Crippen molar-refractivity contribution in [2.45, 2.75) is 39.5 Å². The van der Waals surface area contributed by atoms with Crippen LogP contribution >= 0.6 is 12.2 Å². The number of nitrogens with two attached hydrogens (primary N) is 1. The number of nitrogens with one attached hydrogen (secondary N) is 1. The second kappa shape index (κ2) is 6.42. The highest BCUT2D eigenvalue weighted by atomic mass is 32.2. The van der Waals surface area contributed by atoms with Gasteiger partial charge >= 0.3 is 0 Å². The molecular weight excluding hydrogens is 304 g/mol. The minimum atomic E-state index is -3.57. The summed E-state index contributed by atoms with van der Waals surface area (Å²) in [4.78, 5) is 0.420. The van der Waals surface area contributed by atoms with Crippen LogP contribution in [-0.4, -0.2) is 20.0 Å². The van der Waals surface area contributed by atoms with Gasteiger partial charge in [-0.15, -0.1) is 0 Å². The van der Waals surface area contributed by atoms with Crippen LogP contribution in [0.4, 0.5) is 0 Å². The van der Waals surface area contributed by atoms with E-state index in [1.165, 1.54) is 6.07 Å². The Morgan fingerprint density at radius 2 is 1.95 bits per heavy atom. The molecule has 1 aromatic rings. The van der Waals surface area contributed by atoms with Gasteiger partial charge in [-0.05, 0) is 29.9 Å². The van der Waals surface area contributed by atoms with Crippen molar-refractivity contribution in [3.63, 3.8) is 0 Å². The first-order valence-electron chi connectivity index (χ1n) is 6.85. The summed E-state index contributed by atoms with van der Waals surface area (Å²) in [5, 5.41) is 0. The van der Waals surface area contributed by atoms with Crippen LogP contribution < -0.4 is 10.5 Å². The Kier molecular flexibility index (Phi) is 5.52.